The molecular weight excluding hydrogens is 458 g/mol. The molecule has 4 N–H and O–H groups in total. The molecule has 0 fully saturated rings. The average molecular weight is 490 g/mol. The van der Waals surface area contributed by atoms with Crippen molar-refractivity contribution in [2.75, 3.05) is 6.54 Å². The zero-order valence-corrected chi connectivity index (χ0v) is 20.2. The van der Waals surface area contributed by atoms with Crippen molar-refractivity contribution in [3.63, 3.8) is 0 Å². The second-order valence-corrected chi connectivity index (χ2v) is 10.4. The fraction of sp³-hybridized carbons (Fsp3) is 0.478. The third kappa shape index (κ3) is 6.51. The minimum Gasteiger partial charge on any atom is -0.349 e. The monoisotopic (exact) mass is 489 g/mol. The van der Waals surface area contributed by atoms with Crippen LogP contribution in [-0.4, -0.2) is 54.8 Å². The molecule has 2 aromatic rings. The van der Waals surface area contributed by atoms with Crippen molar-refractivity contribution >= 4 is 27.6 Å². The molecule has 3 rings (SSSR count). The van der Waals surface area contributed by atoms with Gasteiger partial charge in [-0.15, -0.1) is 0 Å². The number of benzene rings is 1. The number of fused-ring (bicyclic) bond motifs is 1. The lowest BCUT2D eigenvalue weighted by atomic mass is 9.99. The van der Waals surface area contributed by atoms with Crippen LogP contribution in [0.2, 0.25) is 0 Å². The lowest BCUT2D eigenvalue weighted by Gasteiger charge is -2.25. The lowest BCUT2D eigenvalue weighted by Crippen LogP contribution is -2.55. The van der Waals surface area contributed by atoms with Crippen molar-refractivity contribution in [1.82, 2.24) is 25.6 Å². The standard InChI is InChI=1S/C23H31N5O5S/c1-15(2)20(28-34(32,33)17-8-4-3-5-9-17)22(30)26-19-11-7-6-10-18-16(14-25-27-18)12-13-24-23(31)21(19)29/h3-5,8-9,14-15,19-20,28H,6-7,10-13H2,1-2H3,(H,24,31)(H,25,27)(H,26,30). The second kappa shape index (κ2) is 11.4. The van der Waals surface area contributed by atoms with Crippen LogP contribution < -0.4 is 15.4 Å². The summed E-state index contributed by atoms with van der Waals surface area (Å²) in [5.41, 5.74) is 2.00. The number of carbonyl (C=O) groups is 3. The molecular formula is C23H31N5O5S. The van der Waals surface area contributed by atoms with Crippen LogP contribution in [0.1, 0.15) is 44.4 Å². The largest absolute Gasteiger partial charge is 0.349 e. The Morgan fingerprint density at radius 2 is 1.85 bits per heavy atom. The summed E-state index contributed by atoms with van der Waals surface area (Å²) < 4.78 is 28.0. The Bertz CT molecular complexity index is 1110. The Balaban J connectivity index is 1.72. The molecule has 1 aliphatic heterocycles. The molecule has 0 saturated carbocycles. The van der Waals surface area contributed by atoms with E-state index in [2.05, 4.69) is 25.6 Å². The number of aromatic nitrogens is 2. The summed E-state index contributed by atoms with van der Waals surface area (Å²) in [7, 11) is -3.95. The van der Waals surface area contributed by atoms with E-state index in [4.69, 9.17) is 0 Å². The highest BCUT2D eigenvalue weighted by molar-refractivity contribution is 7.89. The van der Waals surface area contributed by atoms with E-state index in [9.17, 15) is 22.8 Å². The van der Waals surface area contributed by atoms with Gasteiger partial charge in [-0.05, 0) is 49.3 Å². The van der Waals surface area contributed by atoms with Gasteiger partial charge in [0.05, 0.1) is 17.1 Å². The van der Waals surface area contributed by atoms with Crippen LogP contribution in [0.5, 0.6) is 0 Å². The Labute approximate surface area is 199 Å². The van der Waals surface area contributed by atoms with Crippen LogP contribution in [0.3, 0.4) is 0 Å². The van der Waals surface area contributed by atoms with Gasteiger partial charge < -0.3 is 10.6 Å². The zero-order chi connectivity index (χ0) is 24.7. The van der Waals surface area contributed by atoms with Gasteiger partial charge in [-0.2, -0.15) is 9.82 Å². The predicted octanol–water partition coefficient (Wildman–Crippen LogP) is 0.852. The molecule has 1 aromatic heterocycles. The molecule has 0 radical (unpaired) electrons. The number of sulfonamides is 1. The number of hydrogen-bond acceptors (Lipinski definition) is 6. The summed E-state index contributed by atoms with van der Waals surface area (Å²) in [6, 6.07) is 5.58. The number of hydrogen-bond donors (Lipinski definition) is 4. The number of amides is 2. The summed E-state index contributed by atoms with van der Waals surface area (Å²) >= 11 is 0. The van der Waals surface area contributed by atoms with E-state index in [0.717, 1.165) is 24.1 Å². The van der Waals surface area contributed by atoms with Crippen LogP contribution in [-0.2, 0) is 37.2 Å². The van der Waals surface area contributed by atoms with Gasteiger partial charge in [0.1, 0.15) is 6.04 Å². The quantitative estimate of drug-likeness (QED) is 0.442. The lowest BCUT2D eigenvalue weighted by molar-refractivity contribution is -0.140. The van der Waals surface area contributed by atoms with Crippen LogP contribution in [0, 0.1) is 5.92 Å². The fourth-order valence-electron chi connectivity index (χ4n) is 3.83. The molecule has 2 heterocycles. The highest BCUT2D eigenvalue weighted by atomic mass is 32.2. The number of ketones is 1. The van der Waals surface area contributed by atoms with Gasteiger partial charge in [0.2, 0.25) is 21.7 Å². The van der Waals surface area contributed by atoms with Crippen molar-refractivity contribution in [2.45, 2.75) is 62.9 Å². The van der Waals surface area contributed by atoms with Crippen molar-refractivity contribution in [1.29, 1.82) is 0 Å². The van der Waals surface area contributed by atoms with Crippen molar-refractivity contribution in [3.05, 3.63) is 47.8 Å². The molecule has 2 unspecified atom stereocenters. The van der Waals surface area contributed by atoms with Crippen molar-refractivity contribution < 1.29 is 22.8 Å². The number of rotatable bonds is 6. The number of carbonyl (C=O) groups excluding carboxylic acids is 3. The van der Waals surface area contributed by atoms with Gasteiger partial charge in [0, 0.05) is 12.2 Å². The van der Waals surface area contributed by atoms with E-state index >= 15 is 0 Å². The van der Waals surface area contributed by atoms with Gasteiger partial charge in [0.25, 0.3) is 5.91 Å². The van der Waals surface area contributed by atoms with E-state index in [-0.39, 0.29) is 17.9 Å². The van der Waals surface area contributed by atoms with Gasteiger partial charge in [-0.3, -0.25) is 19.5 Å². The first-order valence-corrected chi connectivity index (χ1v) is 12.9. The normalized spacial score (nSPS) is 18.9. The molecule has 0 aliphatic carbocycles. The van der Waals surface area contributed by atoms with E-state index in [1.165, 1.54) is 12.1 Å². The van der Waals surface area contributed by atoms with Crippen molar-refractivity contribution in [3.8, 4) is 0 Å². The number of H-pyrrole nitrogens is 1. The van der Waals surface area contributed by atoms with Crippen LogP contribution in [0.15, 0.2) is 41.4 Å². The van der Waals surface area contributed by atoms with Gasteiger partial charge >= 0.3 is 0 Å². The molecule has 34 heavy (non-hydrogen) atoms. The Kier molecular flexibility index (Phi) is 8.56. The third-order valence-corrected chi connectivity index (χ3v) is 7.26. The maximum atomic E-state index is 13.1. The molecule has 2 amide bonds. The highest BCUT2D eigenvalue weighted by Gasteiger charge is 2.33. The van der Waals surface area contributed by atoms with Crippen LogP contribution in [0.4, 0.5) is 0 Å². The summed E-state index contributed by atoms with van der Waals surface area (Å²) in [5.74, 6) is -2.56. The van der Waals surface area contributed by atoms with E-state index in [0.29, 0.717) is 12.8 Å². The Morgan fingerprint density at radius 3 is 2.56 bits per heavy atom. The molecule has 0 spiro atoms. The number of aryl methyl sites for hydroxylation is 1. The van der Waals surface area contributed by atoms with Gasteiger partial charge in [0.15, 0.2) is 0 Å². The molecule has 1 aliphatic rings. The summed E-state index contributed by atoms with van der Waals surface area (Å²) in [6.45, 7) is 3.67. The molecule has 0 bridgehead atoms. The summed E-state index contributed by atoms with van der Waals surface area (Å²) in [6.07, 6.45) is 4.59. The maximum absolute atomic E-state index is 13.1. The van der Waals surface area contributed by atoms with Crippen LogP contribution >= 0.6 is 0 Å². The molecule has 184 valence electrons. The number of Topliss-reactive ketones (excluding diaryl/α,β-unsaturated/α-hetero) is 1. The Morgan fingerprint density at radius 1 is 1.12 bits per heavy atom. The first kappa shape index (κ1) is 25.6. The number of nitrogens with zero attached hydrogens (tertiary/aromatic N) is 1. The first-order valence-electron chi connectivity index (χ1n) is 11.4. The SMILES string of the molecule is CC(C)C(NS(=O)(=O)c1ccccc1)C(=O)NC1CCCCc2[nH]ncc2CCNC(=O)C1=O. The second-order valence-electron chi connectivity index (χ2n) is 8.71. The smallest absolute Gasteiger partial charge is 0.289 e. The summed E-state index contributed by atoms with van der Waals surface area (Å²) in [5, 5.41) is 12.3. The van der Waals surface area contributed by atoms with E-state index < -0.39 is 45.6 Å². The minimum absolute atomic E-state index is 0.0353. The van der Waals surface area contributed by atoms with E-state index in [1.54, 1.807) is 38.2 Å². The third-order valence-electron chi connectivity index (χ3n) is 5.80. The topological polar surface area (TPSA) is 150 Å². The molecule has 1 aromatic carbocycles. The van der Waals surface area contributed by atoms with E-state index in [1.807, 2.05) is 0 Å². The maximum Gasteiger partial charge on any atom is 0.289 e. The summed E-state index contributed by atoms with van der Waals surface area (Å²) in [4.78, 5) is 38.4. The average Bonchev–Trinajstić information content (AvgIpc) is 3.25. The fourth-order valence-corrected chi connectivity index (χ4v) is 5.20. The molecule has 0 saturated heterocycles. The molecule has 2 atom stereocenters. The number of nitrogens with one attached hydrogen (secondary N) is 4. The van der Waals surface area contributed by atoms with Gasteiger partial charge in [-0.1, -0.05) is 38.5 Å². The molecule has 10 nitrogen and oxygen atoms in total. The highest BCUT2D eigenvalue weighted by Crippen LogP contribution is 2.15. The van der Waals surface area contributed by atoms with Crippen LogP contribution in [0.25, 0.3) is 0 Å². The zero-order valence-electron chi connectivity index (χ0n) is 19.3. The van der Waals surface area contributed by atoms with Gasteiger partial charge in [-0.25, -0.2) is 8.42 Å². The minimum atomic E-state index is -3.95. The Hall–Kier alpha value is -3.05. The predicted molar refractivity (Wildman–Crippen MR) is 125 cm³/mol. The van der Waals surface area contributed by atoms with Crippen molar-refractivity contribution in [2.24, 2.45) is 5.92 Å². The number of aromatic amines is 1. The molecule has 11 heteroatoms. The first-order chi connectivity index (χ1) is 16.2.